The summed E-state index contributed by atoms with van der Waals surface area (Å²) >= 11 is 0. The highest BCUT2D eigenvalue weighted by atomic mass is 19.1. The lowest BCUT2D eigenvalue weighted by Crippen LogP contribution is -2.39. The highest BCUT2D eigenvalue weighted by molar-refractivity contribution is 5.34. The van der Waals surface area contributed by atoms with E-state index in [1.54, 1.807) is 6.07 Å². The standard InChI is InChI=1S/C17H28FN/c1-11-8-12(2)16(15(18)9-11)14(4)13(3)10-19-17(5,6)7/h8-9,13-14,19H,10H2,1-7H3. The Kier molecular flexibility index (Phi) is 5.14. The average molecular weight is 265 g/mol. The summed E-state index contributed by atoms with van der Waals surface area (Å²) in [6, 6.07) is 3.71. The number of aryl methyl sites for hydroxylation is 2. The second-order valence-electron chi connectivity index (χ2n) is 6.87. The van der Waals surface area contributed by atoms with Gasteiger partial charge in [0, 0.05) is 5.54 Å². The summed E-state index contributed by atoms with van der Waals surface area (Å²) in [5.74, 6) is 0.554. The van der Waals surface area contributed by atoms with Crippen molar-refractivity contribution in [2.75, 3.05) is 6.54 Å². The van der Waals surface area contributed by atoms with Gasteiger partial charge in [0.2, 0.25) is 0 Å². The van der Waals surface area contributed by atoms with Crippen LogP contribution in [0, 0.1) is 25.6 Å². The molecule has 1 aromatic rings. The lowest BCUT2D eigenvalue weighted by molar-refractivity contribution is 0.355. The molecule has 1 nitrogen and oxygen atoms in total. The molecule has 108 valence electrons. The third-order valence-corrected chi connectivity index (χ3v) is 3.74. The van der Waals surface area contributed by atoms with Gasteiger partial charge in [-0.1, -0.05) is 19.9 Å². The molecule has 0 aromatic heterocycles. The van der Waals surface area contributed by atoms with Crippen molar-refractivity contribution < 1.29 is 4.39 Å². The van der Waals surface area contributed by atoms with Crippen molar-refractivity contribution in [2.24, 2.45) is 5.92 Å². The fraction of sp³-hybridized carbons (Fsp3) is 0.647. The van der Waals surface area contributed by atoms with Crippen LogP contribution in [0.25, 0.3) is 0 Å². The van der Waals surface area contributed by atoms with Gasteiger partial charge in [-0.3, -0.25) is 0 Å². The summed E-state index contributed by atoms with van der Waals surface area (Å²) in [4.78, 5) is 0. The molecule has 1 aromatic carbocycles. The van der Waals surface area contributed by atoms with Gasteiger partial charge in [0.25, 0.3) is 0 Å². The summed E-state index contributed by atoms with van der Waals surface area (Å²) in [5.41, 5.74) is 3.03. The van der Waals surface area contributed by atoms with Gasteiger partial charge in [0.05, 0.1) is 0 Å². The van der Waals surface area contributed by atoms with Crippen LogP contribution in [-0.2, 0) is 0 Å². The van der Waals surface area contributed by atoms with Crippen molar-refractivity contribution in [3.8, 4) is 0 Å². The van der Waals surface area contributed by atoms with Crippen molar-refractivity contribution in [1.29, 1.82) is 0 Å². The summed E-state index contributed by atoms with van der Waals surface area (Å²) in [7, 11) is 0. The molecule has 0 saturated carbocycles. The summed E-state index contributed by atoms with van der Waals surface area (Å²) < 4.78 is 14.2. The molecule has 2 heteroatoms. The van der Waals surface area contributed by atoms with Gasteiger partial charge in [-0.15, -0.1) is 0 Å². The van der Waals surface area contributed by atoms with Crippen molar-refractivity contribution in [3.63, 3.8) is 0 Å². The Bertz CT molecular complexity index is 408. The summed E-state index contributed by atoms with van der Waals surface area (Å²) in [6.45, 7) is 15.6. The molecule has 0 fully saturated rings. The first-order chi connectivity index (χ1) is 8.61. The number of hydrogen-bond donors (Lipinski definition) is 1. The van der Waals surface area contributed by atoms with E-state index in [2.05, 4.69) is 46.0 Å². The smallest absolute Gasteiger partial charge is 0.127 e. The van der Waals surface area contributed by atoms with Gasteiger partial charge in [-0.25, -0.2) is 4.39 Å². The first-order valence-electron chi connectivity index (χ1n) is 7.13. The van der Waals surface area contributed by atoms with E-state index >= 15 is 0 Å². The largest absolute Gasteiger partial charge is 0.312 e. The minimum atomic E-state index is -0.0624. The van der Waals surface area contributed by atoms with Crippen molar-refractivity contribution >= 4 is 0 Å². The van der Waals surface area contributed by atoms with Crippen LogP contribution >= 0.6 is 0 Å². The van der Waals surface area contributed by atoms with E-state index in [0.29, 0.717) is 5.92 Å². The molecule has 1 rings (SSSR count). The lowest BCUT2D eigenvalue weighted by atomic mass is 9.85. The van der Waals surface area contributed by atoms with E-state index in [9.17, 15) is 4.39 Å². The van der Waals surface area contributed by atoms with Gasteiger partial charge < -0.3 is 5.32 Å². The zero-order chi connectivity index (χ0) is 14.8. The van der Waals surface area contributed by atoms with Crippen LogP contribution < -0.4 is 5.32 Å². The molecule has 1 N–H and O–H groups in total. The molecule has 0 bridgehead atoms. The minimum absolute atomic E-state index is 0.0624. The molecule has 0 heterocycles. The molecule has 2 unspecified atom stereocenters. The molecule has 0 amide bonds. The monoisotopic (exact) mass is 265 g/mol. The first kappa shape index (κ1) is 16.2. The van der Waals surface area contributed by atoms with E-state index in [4.69, 9.17) is 0 Å². The topological polar surface area (TPSA) is 12.0 Å². The fourth-order valence-corrected chi connectivity index (χ4v) is 2.43. The average Bonchev–Trinajstić information content (AvgIpc) is 2.23. The molecule has 0 radical (unpaired) electrons. The van der Waals surface area contributed by atoms with E-state index in [0.717, 1.165) is 23.2 Å². The predicted molar refractivity (Wildman–Crippen MR) is 81.2 cm³/mol. The van der Waals surface area contributed by atoms with Gasteiger partial charge in [0.1, 0.15) is 5.82 Å². The van der Waals surface area contributed by atoms with Crippen LogP contribution in [0.15, 0.2) is 12.1 Å². The van der Waals surface area contributed by atoms with Crippen molar-refractivity contribution in [3.05, 3.63) is 34.6 Å². The molecule has 0 spiro atoms. The van der Waals surface area contributed by atoms with Crippen LogP contribution in [0.1, 0.15) is 57.2 Å². The summed E-state index contributed by atoms with van der Waals surface area (Å²) in [6.07, 6.45) is 0. The van der Waals surface area contributed by atoms with Gasteiger partial charge >= 0.3 is 0 Å². The molecule has 0 aliphatic heterocycles. The Labute approximate surface area is 117 Å². The van der Waals surface area contributed by atoms with Crippen LogP contribution in [0.5, 0.6) is 0 Å². The van der Waals surface area contributed by atoms with E-state index in [-0.39, 0.29) is 17.3 Å². The van der Waals surface area contributed by atoms with Crippen LogP contribution in [0.2, 0.25) is 0 Å². The lowest BCUT2D eigenvalue weighted by Gasteiger charge is -2.28. The van der Waals surface area contributed by atoms with Gasteiger partial charge in [0.15, 0.2) is 0 Å². The summed E-state index contributed by atoms with van der Waals surface area (Å²) in [5, 5.41) is 3.50. The number of halogens is 1. The van der Waals surface area contributed by atoms with E-state index in [1.807, 2.05) is 13.8 Å². The maximum atomic E-state index is 14.2. The Balaban J connectivity index is 2.85. The number of hydrogen-bond acceptors (Lipinski definition) is 1. The quantitative estimate of drug-likeness (QED) is 0.841. The Morgan fingerprint density at radius 2 is 1.74 bits per heavy atom. The SMILES string of the molecule is Cc1cc(C)c(C(C)C(C)CNC(C)(C)C)c(F)c1. The molecular weight excluding hydrogens is 237 g/mol. The molecule has 2 atom stereocenters. The van der Waals surface area contributed by atoms with Crippen molar-refractivity contribution in [1.82, 2.24) is 5.32 Å². The van der Waals surface area contributed by atoms with E-state index < -0.39 is 0 Å². The van der Waals surface area contributed by atoms with Crippen LogP contribution in [0.4, 0.5) is 4.39 Å². The van der Waals surface area contributed by atoms with Crippen molar-refractivity contribution in [2.45, 2.75) is 59.9 Å². The molecule has 0 aliphatic carbocycles. The van der Waals surface area contributed by atoms with Gasteiger partial charge in [-0.2, -0.15) is 0 Å². The first-order valence-corrected chi connectivity index (χ1v) is 7.13. The molecule has 0 saturated heterocycles. The van der Waals surface area contributed by atoms with Crippen LogP contribution in [0.3, 0.4) is 0 Å². The minimum Gasteiger partial charge on any atom is -0.312 e. The Morgan fingerprint density at radius 3 is 2.21 bits per heavy atom. The highest BCUT2D eigenvalue weighted by Gasteiger charge is 2.21. The molecule has 0 aliphatic rings. The van der Waals surface area contributed by atoms with Gasteiger partial charge in [-0.05, 0) is 75.8 Å². The normalized spacial score (nSPS) is 15.4. The number of rotatable bonds is 4. The second kappa shape index (κ2) is 6.04. The molecular formula is C17H28FN. The third kappa shape index (κ3) is 4.61. The Hall–Kier alpha value is -0.890. The Morgan fingerprint density at radius 1 is 1.16 bits per heavy atom. The van der Waals surface area contributed by atoms with Crippen LogP contribution in [-0.4, -0.2) is 12.1 Å². The maximum Gasteiger partial charge on any atom is 0.127 e. The zero-order valence-electron chi connectivity index (χ0n) is 13.4. The highest BCUT2D eigenvalue weighted by Crippen LogP contribution is 2.30. The predicted octanol–water partition coefficient (Wildman–Crippen LogP) is 4.57. The number of benzene rings is 1. The zero-order valence-corrected chi connectivity index (χ0v) is 13.4. The third-order valence-electron chi connectivity index (χ3n) is 3.74. The number of nitrogens with one attached hydrogen (secondary N) is 1. The maximum absolute atomic E-state index is 14.2. The van der Waals surface area contributed by atoms with E-state index in [1.165, 1.54) is 0 Å². The second-order valence-corrected chi connectivity index (χ2v) is 6.87. The molecule has 19 heavy (non-hydrogen) atoms. The fourth-order valence-electron chi connectivity index (χ4n) is 2.43.